The molecule has 1 aromatic heterocycles. The Kier molecular flexibility index (Phi) is 5.33. The largest absolute Gasteiger partial charge is 0.496 e. The third-order valence-electron chi connectivity index (χ3n) is 5.33. The maximum absolute atomic E-state index is 12.9. The van der Waals surface area contributed by atoms with Crippen molar-refractivity contribution in [2.75, 3.05) is 7.11 Å². The van der Waals surface area contributed by atoms with Crippen molar-refractivity contribution in [3.05, 3.63) is 88.4 Å². The first-order valence-corrected chi connectivity index (χ1v) is 9.87. The molecule has 7 nitrogen and oxygen atoms in total. The first-order chi connectivity index (χ1) is 14.9. The quantitative estimate of drug-likeness (QED) is 0.614. The smallest absolute Gasteiger partial charge is 0.261 e. The van der Waals surface area contributed by atoms with Crippen LogP contribution in [0.2, 0.25) is 0 Å². The molecule has 0 aliphatic carbocycles. The molecule has 0 fully saturated rings. The van der Waals surface area contributed by atoms with Gasteiger partial charge in [0.1, 0.15) is 11.5 Å². The molecule has 3 aromatic rings. The van der Waals surface area contributed by atoms with Crippen LogP contribution in [-0.2, 0) is 6.54 Å². The van der Waals surface area contributed by atoms with E-state index in [1.54, 1.807) is 25.3 Å². The minimum Gasteiger partial charge on any atom is -0.496 e. The van der Waals surface area contributed by atoms with Crippen molar-refractivity contribution in [2.45, 2.75) is 26.4 Å². The van der Waals surface area contributed by atoms with Crippen molar-refractivity contribution < 1.29 is 23.5 Å². The van der Waals surface area contributed by atoms with E-state index in [9.17, 15) is 14.4 Å². The van der Waals surface area contributed by atoms with Crippen molar-refractivity contribution in [1.29, 1.82) is 0 Å². The number of imide groups is 1. The summed E-state index contributed by atoms with van der Waals surface area (Å²) in [6, 6.07) is 13.4. The van der Waals surface area contributed by atoms with Crippen LogP contribution in [0.1, 0.15) is 60.9 Å². The molecule has 3 amide bonds. The van der Waals surface area contributed by atoms with Crippen molar-refractivity contribution in [1.82, 2.24) is 10.2 Å². The normalized spacial score (nSPS) is 13.8. The number of amides is 3. The summed E-state index contributed by atoms with van der Waals surface area (Å²) in [5.74, 6) is -0.000590. The average molecular weight is 418 g/mol. The van der Waals surface area contributed by atoms with Gasteiger partial charge in [-0.2, -0.15) is 0 Å². The van der Waals surface area contributed by atoms with E-state index < -0.39 is 11.8 Å². The van der Waals surface area contributed by atoms with Gasteiger partial charge < -0.3 is 14.5 Å². The van der Waals surface area contributed by atoms with Crippen LogP contribution in [0.25, 0.3) is 0 Å². The van der Waals surface area contributed by atoms with E-state index in [0.717, 1.165) is 16.0 Å². The first-order valence-electron chi connectivity index (χ1n) is 9.87. The van der Waals surface area contributed by atoms with Crippen LogP contribution in [0, 0.1) is 6.92 Å². The molecule has 0 radical (unpaired) electrons. The fourth-order valence-electron chi connectivity index (χ4n) is 3.68. The maximum atomic E-state index is 12.9. The van der Waals surface area contributed by atoms with E-state index >= 15 is 0 Å². The van der Waals surface area contributed by atoms with E-state index in [-0.39, 0.29) is 29.6 Å². The molecule has 0 bridgehead atoms. The minimum atomic E-state index is -0.445. The zero-order valence-electron chi connectivity index (χ0n) is 17.5. The summed E-state index contributed by atoms with van der Waals surface area (Å²) in [6.07, 6.45) is 1.49. The number of hydrogen-bond acceptors (Lipinski definition) is 5. The number of ether oxygens (including phenoxy) is 1. The zero-order valence-corrected chi connectivity index (χ0v) is 17.5. The predicted octanol–water partition coefficient (Wildman–Crippen LogP) is 3.88. The Morgan fingerprint density at radius 1 is 1.10 bits per heavy atom. The molecular formula is C24H22N2O5. The summed E-state index contributed by atoms with van der Waals surface area (Å²) in [4.78, 5) is 39.4. The lowest BCUT2D eigenvalue weighted by atomic mass is 10.0. The van der Waals surface area contributed by atoms with Crippen molar-refractivity contribution in [2.24, 2.45) is 0 Å². The van der Waals surface area contributed by atoms with Gasteiger partial charge in [0.25, 0.3) is 17.7 Å². The van der Waals surface area contributed by atoms with Gasteiger partial charge in [-0.15, -0.1) is 0 Å². The molecule has 7 heteroatoms. The highest BCUT2D eigenvalue weighted by atomic mass is 16.5. The molecule has 1 aliphatic heterocycles. The van der Waals surface area contributed by atoms with Gasteiger partial charge >= 0.3 is 0 Å². The van der Waals surface area contributed by atoms with Gasteiger partial charge in [-0.3, -0.25) is 19.3 Å². The number of furan rings is 1. The highest BCUT2D eigenvalue weighted by Crippen LogP contribution is 2.28. The maximum Gasteiger partial charge on any atom is 0.261 e. The van der Waals surface area contributed by atoms with Gasteiger partial charge in [-0.05, 0) is 50.2 Å². The predicted molar refractivity (Wildman–Crippen MR) is 113 cm³/mol. The summed E-state index contributed by atoms with van der Waals surface area (Å²) in [5, 5.41) is 2.94. The van der Waals surface area contributed by atoms with Gasteiger partial charge in [-0.25, -0.2) is 0 Å². The molecule has 1 N–H and O–H groups in total. The first kappa shape index (κ1) is 20.4. The standard InChI is InChI=1S/C24H22N2O5/c1-14-6-9-21(30-3)19(11-14)15(2)25-22(27)16-7-8-18-20(12-16)24(29)26(23(18)28)13-17-5-4-10-31-17/h4-12,15H,13H2,1-3H3,(H,25,27). The molecule has 1 unspecified atom stereocenters. The van der Waals surface area contributed by atoms with Gasteiger partial charge in [-0.1, -0.05) is 17.7 Å². The van der Waals surface area contributed by atoms with Crippen molar-refractivity contribution in [3.8, 4) is 5.75 Å². The molecule has 31 heavy (non-hydrogen) atoms. The Morgan fingerprint density at radius 3 is 2.58 bits per heavy atom. The van der Waals surface area contributed by atoms with Crippen molar-refractivity contribution in [3.63, 3.8) is 0 Å². The van der Waals surface area contributed by atoms with Gasteiger partial charge in [0.2, 0.25) is 0 Å². The summed E-state index contributed by atoms with van der Waals surface area (Å²) in [7, 11) is 1.58. The number of nitrogens with zero attached hydrogens (tertiary/aromatic N) is 1. The molecule has 2 aromatic carbocycles. The van der Waals surface area contributed by atoms with E-state index in [4.69, 9.17) is 9.15 Å². The van der Waals surface area contributed by atoms with Crippen LogP contribution < -0.4 is 10.1 Å². The number of rotatable bonds is 6. The summed E-state index contributed by atoms with van der Waals surface area (Å²) >= 11 is 0. The summed E-state index contributed by atoms with van der Waals surface area (Å²) in [5.41, 5.74) is 2.70. The third-order valence-corrected chi connectivity index (χ3v) is 5.33. The minimum absolute atomic E-state index is 0.0467. The lowest BCUT2D eigenvalue weighted by Crippen LogP contribution is -2.29. The Balaban J connectivity index is 1.54. The van der Waals surface area contributed by atoms with E-state index in [1.165, 1.54) is 18.4 Å². The third kappa shape index (κ3) is 3.82. The van der Waals surface area contributed by atoms with E-state index in [0.29, 0.717) is 17.1 Å². The molecule has 0 saturated heterocycles. The fraction of sp³-hybridized carbons (Fsp3) is 0.208. The Labute approximate surface area is 179 Å². The number of nitrogens with one attached hydrogen (secondary N) is 1. The molecule has 4 rings (SSSR count). The lowest BCUT2D eigenvalue weighted by Gasteiger charge is -2.18. The molecule has 1 atom stereocenters. The topological polar surface area (TPSA) is 88.8 Å². The summed E-state index contributed by atoms with van der Waals surface area (Å²) < 4.78 is 10.6. The van der Waals surface area contributed by atoms with Gasteiger partial charge in [0.15, 0.2) is 0 Å². The molecule has 158 valence electrons. The number of aryl methyl sites for hydroxylation is 1. The van der Waals surface area contributed by atoms with Crippen LogP contribution in [-0.4, -0.2) is 29.7 Å². The highest BCUT2D eigenvalue weighted by Gasteiger charge is 2.36. The molecule has 2 heterocycles. The summed E-state index contributed by atoms with van der Waals surface area (Å²) in [6.45, 7) is 3.88. The van der Waals surface area contributed by atoms with Gasteiger partial charge in [0, 0.05) is 11.1 Å². The highest BCUT2D eigenvalue weighted by molar-refractivity contribution is 6.22. The molecule has 1 aliphatic rings. The van der Waals surface area contributed by atoms with Crippen molar-refractivity contribution >= 4 is 17.7 Å². The van der Waals surface area contributed by atoms with Crippen LogP contribution >= 0.6 is 0 Å². The number of fused-ring (bicyclic) bond motifs is 1. The Bertz CT molecular complexity index is 1170. The second-order valence-corrected chi connectivity index (χ2v) is 7.48. The Hall–Kier alpha value is -3.87. The van der Waals surface area contributed by atoms with Crippen LogP contribution in [0.5, 0.6) is 5.75 Å². The average Bonchev–Trinajstić information content (AvgIpc) is 3.36. The Morgan fingerprint density at radius 2 is 1.87 bits per heavy atom. The number of methoxy groups -OCH3 is 1. The SMILES string of the molecule is COc1ccc(C)cc1C(C)NC(=O)c1ccc2c(c1)C(=O)N(Cc1ccco1)C2=O. The molecular weight excluding hydrogens is 396 g/mol. The second kappa shape index (κ2) is 8.10. The van der Waals surface area contributed by atoms with Crippen LogP contribution in [0.4, 0.5) is 0 Å². The molecule has 0 saturated carbocycles. The zero-order chi connectivity index (χ0) is 22.1. The van der Waals surface area contributed by atoms with E-state index in [2.05, 4.69) is 5.32 Å². The number of hydrogen-bond donors (Lipinski definition) is 1. The number of carbonyl (C=O) groups is 3. The second-order valence-electron chi connectivity index (χ2n) is 7.48. The van der Waals surface area contributed by atoms with Crippen LogP contribution in [0.3, 0.4) is 0 Å². The lowest BCUT2D eigenvalue weighted by molar-refractivity contribution is 0.0631. The molecule has 0 spiro atoms. The fourth-order valence-corrected chi connectivity index (χ4v) is 3.68. The number of carbonyl (C=O) groups excluding carboxylic acids is 3. The van der Waals surface area contributed by atoms with Crippen LogP contribution in [0.15, 0.2) is 59.2 Å². The van der Waals surface area contributed by atoms with Gasteiger partial charge in [0.05, 0.1) is 37.1 Å². The monoisotopic (exact) mass is 418 g/mol. The number of benzene rings is 2. The van der Waals surface area contributed by atoms with E-state index in [1.807, 2.05) is 32.0 Å².